The first-order valence-corrected chi connectivity index (χ1v) is 7.95. The summed E-state index contributed by atoms with van der Waals surface area (Å²) in [6.07, 6.45) is 6.47. The molecule has 0 bridgehead atoms. The molecule has 0 spiro atoms. The number of rotatable bonds is 3. The number of hydrogen-bond acceptors (Lipinski definition) is 2. The van der Waals surface area contributed by atoms with E-state index < -0.39 is 0 Å². The van der Waals surface area contributed by atoms with Gasteiger partial charge in [0.15, 0.2) is 0 Å². The first-order chi connectivity index (χ1) is 10.3. The summed E-state index contributed by atoms with van der Waals surface area (Å²) in [5, 5.41) is 2.92. The van der Waals surface area contributed by atoms with Crippen LogP contribution >= 0.6 is 0 Å². The molecule has 1 saturated carbocycles. The molecule has 2 amide bonds. The van der Waals surface area contributed by atoms with Gasteiger partial charge in [0.05, 0.1) is 11.3 Å². The molecule has 4 heteroatoms. The standard InChI is InChI=1S/C17H22N2O2/c20-16(13-9-10-13)18-15-8-4-3-7-14(15)17(21)19-11-5-1-2-6-12-19/h3-4,7-8,13H,1-2,5-6,9-12H2,(H,18,20). The Kier molecular flexibility index (Phi) is 4.23. The lowest BCUT2D eigenvalue weighted by Crippen LogP contribution is -2.32. The van der Waals surface area contributed by atoms with Crippen LogP contribution in [0.25, 0.3) is 0 Å². The summed E-state index contributed by atoms with van der Waals surface area (Å²) in [5.74, 6) is 0.237. The van der Waals surface area contributed by atoms with Gasteiger partial charge >= 0.3 is 0 Å². The second-order valence-electron chi connectivity index (χ2n) is 6.02. The fourth-order valence-corrected chi connectivity index (χ4v) is 2.80. The molecule has 1 saturated heterocycles. The van der Waals surface area contributed by atoms with Gasteiger partial charge in [0, 0.05) is 19.0 Å². The molecule has 1 aromatic rings. The van der Waals surface area contributed by atoms with E-state index in [0.717, 1.165) is 38.8 Å². The molecule has 4 nitrogen and oxygen atoms in total. The first-order valence-electron chi connectivity index (χ1n) is 7.95. The molecule has 1 N–H and O–H groups in total. The minimum atomic E-state index is 0.0450. The van der Waals surface area contributed by atoms with E-state index in [1.165, 1.54) is 12.8 Å². The smallest absolute Gasteiger partial charge is 0.255 e. The quantitative estimate of drug-likeness (QED) is 0.928. The largest absolute Gasteiger partial charge is 0.339 e. The number of nitrogens with one attached hydrogen (secondary N) is 1. The summed E-state index contributed by atoms with van der Waals surface area (Å²) >= 11 is 0. The van der Waals surface area contributed by atoms with Crippen molar-refractivity contribution in [3.63, 3.8) is 0 Å². The third kappa shape index (κ3) is 3.43. The van der Waals surface area contributed by atoms with Crippen LogP contribution in [-0.2, 0) is 4.79 Å². The normalized spacial score (nSPS) is 19.0. The number of carbonyl (C=O) groups is 2. The summed E-state index contributed by atoms with van der Waals surface area (Å²) in [6, 6.07) is 7.36. The van der Waals surface area contributed by atoms with Gasteiger partial charge in [-0.25, -0.2) is 0 Å². The van der Waals surface area contributed by atoms with E-state index in [2.05, 4.69) is 5.32 Å². The molecule has 2 fully saturated rings. The van der Waals surface area contributed by atoms with Crippen LogP contribution in [0.1, 0.15) is 48.9 Å². The third-order valence-electron chi connectivity index (χ3n) is 4.26. The molecule has 1 heterocycles. The highest BCUT2D eigenvalue weighted by atomic mass is 16.2. The van der Waals surface area contributed by atoms with Crippen LogP contribution in [0.4, 0.5) is 5.69 Å². The number of para-hydroxylation sites is 1. The maximum absolute atomic E-state index is 12.7. The highest BCUT2D eigenvalue weighted by Crippen LogP contribution is 2.31. The molecule has 0 aromatic heterocycles. The van der Waals surface area contributed by atoms with Gasteiger partial charge in [0.1, 0.15) is 0 Å². The van der Waals surface area contributed by atoms with Crippen molar-refractivity contribution in [3.05, 3.63) is 29.8 Å². The van der Waals surface area contributed by atoms with Crippen molar-refractivity contribution < 1.29 is 9.59 Å². The molecule has 1 aliphatic heterocycles. The average Bonchev–Trinajstić information content (AvgIpc) is 3.33. The number of nitrogens with zero attached hydrogens (tertiary/aromatic N) is 1. The van der Waals surface area contributed by atoms with Crippen LogP contribution in [0.15, 0.2) is 24.3 Å². The molecule has 0 radical (unpaired) electrons. The topological polar surface area (TPSA) is 49.4 Å². The predicted octanol–water partition coefficient (Wildman–Crippen LogP) is 3.05. The second-order valence-corrected chi connectivity index (χ2v) is 6.02. The lowest BCUT2D eigenvalue weighted by atomic mass is 10.1. The van der Waals surface area contributed by atoms with Crippen molar-refractivity contribution in [2.75, 3.05) is 18.4 Å². The molecular weight excluding hydrogens is 264 g/mol. The van der Waals surface area contributed by atoms with Crippen molar-refractivity contribution in [3.8, 4) is 0 Å². The minimum Gasteiger partial charge on any atom is -0.339 e. The van der Waals surface area contributed by atoms with Crippen molar-refractivity contribution in [1.29, 1.82) is 0 Å². The van der Waals surface area contributed by atoms with Crippen LogP contribution in [0.3, 0.4) is 0 Å². The van der Waals surface area contributed by atoms with Gasteiger partial charge < -0.3 is 10.2 Å². The Morgan fingerprint density at radius 1 is 1.00 bits per heavy atom. The Morgan fingerprint density at radius 3 is 2.33 bits per heavy atom. The molecule has 21 heavy (non-hydrogen) atoms. The number of amides is 2. The maximum atomic E-state index is 12.7. The zero-order valence-corrected chi connectivity index (χ0v) is 12.3. The average molecular weight is 286 g/mol. The molecular formula is C17H22N2O2. The number of anilines is 1. The van der Waals surface area contributed by atoms with Crippen molar-refractivity contribution in [2.24, 2.45) is 5.92 Å². The Bertz CT molecular complexity index is 529. The van der Waals surface area contributed by atoms with Crippen molar-refractivity contribution in [1.82, 2.24) is 4.90 Å². The number of benzene rings is 1. The van der Waals surface area contributed by atoms with Gasteiger partial charge in [-0.3, -0.25) is 9.59 Å². The zero-order chi connectivity index (χ0) is 14.7. The Morgan fingerprint density at radius 2 is 1.67 bits per heavy atom. The predicted molar refractivity (Wildman–Crippen MR) is 82.2 cm³/mol. The van der Waals surface area contributed by atoms with E-state index in [0.29, 0.717) is 11.3 Å². The van der Waals surface area contributed by atoms with Crippen LogP contribution in [0.5, 0.6) is 0 Å². The summed E-state index contributed by atoms with van der Waals surface area (Å²) in [4.78, 5) is 26.6. The third-order valence-corrected chi connectivity index (χ3v) is 4.26. The molecule has 0 atom stereocenters. The van der Waals surface area contributed by atoms with Gasteiger partial charge in [-0.1, -0.05) is 25.0 Å². The molecule has 0 unspecified atom stereocenters. The number of carbonyl (C=O) groups excluding carboxylic acids is 2. The van der Waals surface area contributed by atoms with E-state index in [1.807, 2.05) is 29.2 Å². The summed E-state index contributed by atoms with van der Waals surface area (Å²) in [6.45, 7) is 1.65. The Hall–Kier alpha value is -1.84. The molecule has 1 aliphatic carbocycles. The van der Waals surface area contributed by atoms with E-state index in [1.54, 1.807) is 0 Å². The highest BCUT2D eigenvalue weighted by molar-refractivity contribution is 6.04. The maximum Gasteiger partial charge on any atom is 0.255 e. The minimum absolute atomic E-state index is 0.0450. The molecule has 1 aromatic carbocycles. The van der Waals surface area contributed by atoms with E-state index in [-0.39, 0.29) is 17.7 Å². The summed E-state index contributed by atoms with van der Waals surface area (Å²) in [7, 11) is 0. The van der Waals surface area contributed by atoms with Gasteiger partial charge in [0.2, 0.25) is 5.91 Å². The number of hydrogen-bond donors (Lipinski definition) is 1. The van der Waals surface area contributed by atoms with Gasteiger partial charge in [-0.15, -0.1) is 0 Å². The van der Waals surface area contributed by atoms with E-state index >= 15 is 0 Å². The van der Waals surface area contributed by atoms with Gasteiger partial charge in [-0.05, 0) is 37.8 Å². The monoisotopic (exact) mass is 286 g/mol. The van der Waals surface area contributed by atoms with E-state index in [9.17, 15) is 9.59 Å². The fourth-order valence-electron chi connectivity index (χ4n) is 2.80. The molecule has 112 valence electrons. The van der Waals surface area contributed by atoms with Crippen LogP contribution in [-0.4, -0.2) is 29.8 Å². The number of likely N-dealkylation sites (tertiary alicyclic amines) is 1. The highest BCUT2D eigenvalue weighted by Gasteiger charge is 2.30. The van der Waals surface area contributed by atoms with Crippen LogP contribution in [0, 0.1) is 5.92 Å². The van der Waals surface area contributed by atoms with Crippen molar-refractivity contribution >= 4 is 17.5 Å². The van der Waals surface area contributed by atoms with Crippen LogP contribution in [0.2, 0.25) is 0 Å². The first kappa shape index (κ1) is 14.1. The fraction of sp³-hybridized carbons (Fsp3) is 0.529. The van der Waals surface area contributed by atoms with Gasteiger partial charge in [0.25, 0.3) is 5.91 Å². The lowest BCUT2D eigenvalue weighted by molar-refractivity contribution is -0.117. The summed E-state index contributed by atoms with van der Waals surface area (Å²) < 4.78 is 0. The Balaban J connectivity index is 1.76. The lowest BCUT2D eigenvalue weighted by Gasteiger charge is -2.22. The van der Waals surface area contributed by atoms with Crippen LogP contribution < -0.4 is 5.32 Å². The molecule has 3 rings (SSSR count). The molecule has 2 aliphatic rings. The zero-order valence-electron chi connectivity index (χ0n) is 12.3. The van der Waals surface area contributed by atoms with Crippen molar-refractivity contribution in [2.45, 2.75) is 38.5 Å². The summed E-state index contributed by atoms with van der Waals surface area (Å²) in [5.41, 5.74) is 1.28. The second kappa shape index (κ2) is 6.29. The van der Waals surface area contributed by atoms with E-state index in [4.69, 9.17) is 0 Å². The van der Waals surface area contributed by atoms with Gasteiger partial charge in [-0.2, -0.15) is 0 Å². The Labute approximate surface area is 125 Å². The SMILES string of the molecule is O=C(Nc1ccccc1C(=O)N1CCCCCC1)C1CC1.